The molecule has 218 valence electrons. The number of ether oxygens (including phenoxy) is 3. The Labute approximate surface area is 244 Å². The van der Waals surface area contributed by atoms with Crippen LogP contribution in [0.4, 0.5) is 5.69 Å². The molecule has 3 aromatic carbocycles. The number of carbonyl (C=O) groups is 1. The molecule has 2 atom stereocenters. The largest absolute Gasteiger partial charge is 0.497 e. The highest BCUT2D eigenvalue weighted by atomic mass is 16.5. The van der Waals surface area contributed by atoms with Crippen molar-refractivity contribution in [2.75, 3.05) is 26.9 Å². The second kappa shape index (κ2) is 13.4. The molecule has 11 heteroatoms. The Balaban J connectivity index is 1.57. The van der Waals surface area contributed by atoms with Gasteiger partial charge in [0.25, 0.3) is 5.91 Å². The zero-order valence-electron chi connectivity index (χ0n) is 23.4. The van der Waals surface area contributed by atoms with E-state index in [-0.39, 0.29) is 18.9 Å². The van der Waals surface area contributed by atoms with Gasteiger partial charge in [-0.25, -0.2) is 10.4 Å². The van der Waals surface area contributed by atoms with Gasteiger partial charge in [0.2, 0.25) is 5.90 Å². The first-order valence-electron chi connectivity index (χ1n) is 14.0. The number of hydrazine groups is 1. The molecule has 0 radical (unpaired) electrons. The Morgan fingerprint density at radius 1 is 1.14 bits per heavy atom. The van der Waals surface area contributed by atoms with Gasteiger partial charge in [-0.3, -0.25) is 10.2 Å². The van der Waals surface area contributed by atoms with Crippen LogP contribution in [-0.4, -0.2) is 49.3 Å². The number of methoxy groups -OCH3 is 1. The van der Waals surface area contributed by atoms with Gasteiger partial charge >= 0.3 is 0 Å². The van der Waals surface area contributed by atoms with Crippen molar-refractivity contribution in [1.82, 2.24) is 10.9 Å². The molecule has 42 heavy (non-hydrogen) atoms. The summed E-state index contributed by atoms with van der Waals surface area (Å²) in [7, 11) is 1.58. The van der Waals surface area contributed by atoms with Crippen LogP contribution in [0, 0.1) is 5.92 Å². The fraction of sp³-hybridized carbons (Fsp3) is 0.355. The van der Waals surface area contributed by atoms with Crippen molar-refractivity contribution in [2.45, 2.75) is 37.3 Å². The fourth-order valence-electron chi connectivity index (χ4n) is 4.89. The van der Waals surface area contributed by atoms with Crippen LogP contribution in [0.15, 0.2) is 82.9 Å². The van der Waals surface area contributed by atoms with Gasteiger partial charge in [0.05, 0.1) is 13.7 Å². The Hall–Kier alpha value is -4.57. The molecule has 1 saturated carbocycles. The van der Waals surface area contributed by atoms with E-state index in [2.05, 4.69) is 20.9 Å². The maximum Gasteiger partial charge on any atom is 0.266 e. The van der Waals surface area contributed by atoms with E-state index in [1.165, 1.54) is 0 Å². The van der Waals surface area contributed by atoms with Gasteiger partial charge in [0.1, 0.15) is 11.5 Å². The summed E-state index contributed by atoms with van der Waals surface area (Å²) in [5, 5.41) is 12.9. The summed E-state index contributed by atoms with van der Waals surface area (Å²) >= 11 is 0. The van der Waals surface area contributed by atoms with Gasteiger partial charge in [-0.1, -0.05) is 41.5 Å². The van der Waals surface area contributed by atoms with Crippen LogP contribution < -0.4 is 20.3 Å². The Morgan fingerprint density at radius 3 is 2.69 bits per heavy atom. The average Bonchev–Trinajstić information content (AvgIpc) is 3.77. The number of aliphatic imine (C=N–C) groups is 1. The van der Waals surface area contributed by atoms with Crippen LogP contribution in [0.5, 0.6) is 11.5 Å². The van der Waals surface area contributed by atoms with Crippen LogP contribution >= 0.6 is 0 Å². The number of benzene rings is 3. The molecule has 1 aliphatic heterocycles. The third kappa shape index (κ3) is 6.66. The molecule has 5 rings (SSSR count). The monoisotopic (exact) mass is 570 g/mol. The SMILES string of the molecule is COc1cccc([C@@H]2OC(c3ccc(OCCCO)cc3)=N[C@]2(Cc2ccccc2N=[N+]=[N-])C(=O)NNCC2CC2)c1. The van der Waals surface area contributed by atoms with E-state index in [1.807, 2.05) is 48.5 Å². The van der Waals surface area contributed by atoms with Crippen molar-refractivity contribution in [1.29, 1.82) is 0 Å². The fourth-order valence-corrected chi connectivity index (χ4v) is 4.89. The van der Waals surface area contributed by atoms with Crippen LogP contribution in [0.25, 0.3) is 10.4 Å². The van der Waals surface area contributed by atoms with E-state index in [0.29, 0.717) is 65.3 Å². The lowest BCUT2D eigenvalue weighted by Crippen LogP contribution is -2.54. The van der Waals surface area contributed by atoms with E-state index in [9.17, 15) is 10.3 Å². The van der Waals surface area contributed by atoms with Gasteiger partial charge < -0.3 is 19.3 Å². The molecule has 0 aromatic heterocycles. The van der Waals surface area contributed by atoms with Gasteiger partial charge in [-0.2, -0.15) is 0 Å². The first-order valence-corrected chi connectivity index (χ1v) is 14.0. The zero-order valence-corrected chi connectivity index (χ0v) is 23.4. The molecule has 3 aromatic rings. The smallest absolute Gasteiger partial charge is 0.266 e. The molecule has 0 unspecified atom stereocenters. The van der Waals surface area contributed by atoms with E-state index in [0.717, 1.165) is 12.8 Å². The zero-order chi connectivity index (χ0) is 29.4. The maximum absolute atomic E-state index is 14.2. The molecule has 1 fully saturated rings. The van der Waals surface area contributed by atoms with Crippen LogP contribution in [0.1, 0.15) is 42.1 Å². The lowest BCUT2D eigenvalue weighted by atomic mass is 9.81. The van der Waals surface area contributed by atoms with Crippen LogP contribution in [0.2, 0.25) is 0 Å². The number of azide groups is 1. The normalized spacial score (nSPS) is 19.3. The molecular weight excluding hydrogens is 536 g/mol. The minimum Gasteiger partial charge on any atom is -0.497 e. The number of carbonyl (C=O) groups excluding carboxylic acids is 1. The lowest BCUT2D eigenvalue weighted by Gasteiger charge is -2.31. The molecule has 1 heterocycles. The molecule has 11 nitrogen and oxygen atoms in total. The molecule has 0 saturated heterocycles. The molecule has 1 aliphatic carbocycles. The standard InChI is InChI=1S/C31H34N6O5/c1-40-26-8-4-7-23(18-26)28-31(30(39)36-33-20-21-10-11-21,19-24-6-2-3-9-27(24)35-37-32)34-29(42-28)22-12-14-25(15-13-22)41-17-5-16-38/h2-4,6-9,12-15,18,21,28,33,38H,5,10-11,16-17,19-20H2,1H3,(H,36,39)/t28-,31-/m0/s1. The number of rotatable bonds is 14. The van der Waals surface area contributed by atoms with E-state index in [1.54, 1.807) is 31.4 Å². The average molecular weight is 571 g/mol. The number of amides is 1. The van der Waals surface area contributed by atoms with E-state index in [4.69, 9.17) is 24.3 Å². The molecule has 2 aliphatic rings. The van der Waals surface area contributed by atoms with Crippen molar-refractivity contribution in [2.24, 2.45) is 16.0 Å². The van der Waals surface area contributed by atoms with E-state index >= 15 is 0 Å². The third-order valence-corrected chi connectivity index (χ3v) is 7.32. The predicted octanol–water partition coefficient (Wildman–Crippen LogP) is 4.93. The number of hydrogen-bond acceptors (Lipinski definition) is 8. The van der Waals surface area contributed by atoms with Crippen molar-refractivity contribution < 1.29 is 24.1 Å². The van der Waals surface area contributed by atoms with Gasteiger partial charge in [0, 0.05) is 42.2 Å². The summed E-state index contributed by atoms with van der Waals surface area (Å²) < 4.78 is 17.7. The van der Waals surface area contributed by atoms with Crippen molar-refractivity contribution >= 4 is 17.5 Å². The van der Waals surface area contributed by atoms with E-state index < -0.39 is 11.6 Å². The highest BCUT2D eigenvalue weighted by Crippen LogP contribution is 2.44. The second-order valence-electron chi connectivity index (χ2n) is 10.3. The summed E-state index contributed by atoms with van der Waals surface area (Å²) in [6.07, 6.45) is 2.07. The lowest BCUT2D eigenvalue weighted by molar-refractivity contribution is -0.130. The Morgan fingerprint density at radius 2 is 1.95 bits per heavy atom. The topological polar surface area (TPSA) is 150 Å². The Kier molecular flexibility index (Phi) is 9.23. The molecular formula is C31H34N6O5. The van der Waals surface area contributed by atoms with Crippen LogP contribution in [0.3, 0.4) is 0 Å². The minimum absolute atomic E-state index is 0.0524. The van der Waals surface area contributed by atoms with Crippen molar-refractivity contribution in [3.8, 4) is 11.5 Å². The highest BCUT2D eigenvalue weighted by Gasteiger charge is 2.53. The first kappa shape index (κ1) is 28.9. The summed E-state index contributed by atoms with van der Waals surface area (Å²) in [6, 6.07) is 21.8. The summed E-state index contributed by atoms with van der Waals surface area (Å²) in [5.74, 6) is 1.73. The van der Waals surface area contributed by atoms with Gasteiger partial charge in [0.15, 0.2) is 11.6 Å². The molecule has 3 N–H and O–H groups in total. The van der Waals surface area contributed by atoms with Crippen LogP contribution in [-0.2, 0) is 16.0 Å². The number of hydrogen-bond donors (Lipinski definition) is 3. The minimum atomic E-state index is -1.46. The molecule has 1 amide bonds. The molecule has 0 spiro atoms. The Bertz CT molecular complexity index is 1470. The van der Waals surface area contributed by atoms with Crippen molar-refractivity contribution in [3.63, 3.8) is 0 Å². The number of aliphatic hydroxyl groups excluding tert-OH is 1. The number of nitrogens with one attached hydrogen (secondary N) is 2. The maximum atomic E-state index is 14.2. The first-order chi connectivity index (χ1) is 20.6. The van der Waals surface area contributed by atoms with Gasteiger partial charge in [-0.15, -0.1) is 0 Å². The third-order valence-electron chi connectivity index (χ3n) is 7.32. The summed E-state index contributed by atoms with van der Waals surface area (Å²) in [4.78, 5) is 22.2. The number of nitrogens with zero attached hydrogens (tertiary/aromatic N) is 4. The number of aliphatic hydroxyl groups is 1. The summed E-state index contributed by atoms with van der Waals surface area (Å²) in [6.45, 7) is 1.11. The highest BCUT2D eigenvalue weighted by molar-refractivity contribution is 6.01. The summed E-state index contributed by atoms with van der Waals surface area (Å²) in [5.41, 5.74) is 16.2. The van der Waals surface area contributed by atoms with Gasteiger partial charge in [-0.05, 0) is 71.8 Å². The quantitative estimate of drug-likeness (QED) is 0.0822. The molecule has 0 bridgehead atoms. The van der Waals surface area contributed by atoms with Crippen molar-refractivity contribution in [3.05, 3.63) is 99.9 Å². The predicted molar refractivity (Wildman–Crippen MR) is 158 cm³/mol. The second-order valence-corrected chi connectivity index (χ2v) is 10.3.